The van der Waals surface area contributed by atoms with E-state index in [9.17, 15) is 4.79 Å². The van der Waals surface area contributed by atoms with Crippen molar-refractivity contribution in [1.29, 1.82) is 0 Å². The Kier molecular flexibility index (Phi) is 4.69. The molecular weight excluding hydrogens is 252 g/mol. The van der Waals surface area contributed by atoms with E-state index < -0.39 is 0 Å². The van der Waals surface area contributed by atoms with Crippen LogP contribution in [0.4, 0.5) is 0 Å². The van der Waals surface area contributed by atoms with Crippen LogP contribution in [0.5, 0.6) is 0 Å². The Morgan fingerprint density at radius 3 is 2.80 bits per heavy atom. The molecule has 20 heavy (non-hydrogen) atoms. The van der Waals surface area contributed by atoms with E-state index in [0.717, 1.165) is 32.3 Å². The van der Waals surface area contributed by atoms with Crippen LogP contribution in [0, 0.1) is 11.3 Å². The fourth-order valence-corrected chi connectivity index (χ4v) is 3.86. The molecule has 0 radical (unpaired) electrons. The van der Waals surface area contributed by atoms with Crippen LogP contribution in [0.2, 0.25) is 0 Å². The SMILES string of the molecule is C=C(C(=O)OC)C1CCC2(C)CCCC(COC)=C2C1. The Bertz CT molecular complexity index is 436. The summed E-state index contributed by atoms with van der Waals surface area (Å²) in [4.78, 5) is 11.7. The summed E-state index contributed by atoms with van der Waals surface area (Å²) in [5.41, 5.74) is 3.90. The van der Waals surface area contributed by atoms with Crippen molar-refractivity contribution in [2.24, 2.45) is 11.3 Å². The van der Waals surface area contributed by atoms with E-state index in [1.54, 1.807) is 7.11 Å². The molecule has 0 amide bonds. The summed E-state index contributed by atoms with van der Waals surface area (Å²) in [5, 5.41) is 0. The zero-order valence-corrected chi connectivity index (χ0v) is 13.0. The summed E-state index contributed by atoms with van der Waals surface area (Å²) in [7, 11) is 3.18. The first kappa shape index (κ1) is 15.3. The molecule has 112 valence electrons. The Hall–Kier alpha value is -1.09. The summed E-state index contributed by atoms with van der Waals surface area (Å²) in [5.74, 6) is -0.0289. The minimum absolute atomic E-state index is 0.232. The van der Waals surface area contributed by atoms with E-state index in [1.807, 2.05) is 0 Å². The van der Waals surface area contributed by atoms with Gasteiger partial charge in [0.2, 0.25) is 0 Å². The minimum Gasteiger partial charge on any atom is -0.466 e. The summed E-state index contributed by atoms with van der Waals surface area (Å²) in [6.07, 6.45) is 6.76. The van der Waals surface area contributed by atoms with Crippen molar-refractivity contribution in [3.8, 4) is 0 Å². The number of carbonyl (C=O) groups excluding carboxylic acids is 1. The fourth-order valence-electron chi connectivity index (χ4n) is 3.86. The van der Waals surface area contributed by atoms with Gasteiger partial charge in [-0.3, -0.25) is 0 Å². The Morgan fingerprint density at radius 1 is 1.40 bits per heavy atom. The minimum atomic E-state index is -0.261. The van der Waals surface area contributed by atoms with Crippen molar-refractivity contribution in [3.63, 3.8) is 0 Å². The second-order valence-corrected chi connectivity index (χ2v) is 6.39. The van der Waals surface area contributed by atoms with Crippen LogP contribution in [0.15, 0.2) is 23.3 Å². The third-order valence-electron chi connectivity index (χ3n) is 5.12. The van der Waals surface area contributed by atoms with Gasteiger partial charge in [0, 0.05) is 12.7 Å². The number of methoxy groups -OCH3 is 2. The Labute approximate surface area is 122 Å². The molecule has 0 aromatic carbocycles. The quantitative estimate of drug-likeness (QED) is 0.447. The first-order chi connectivity index (χ1) is 9.51. The lowest BCUT2D eigenvalue weighted by molar-refractivity contribution is -0.136. The summed E-state index contributed by atoms with van der Waals surface area (Å²) < 4.78 is 10.2. The van der Waals surface area contributed by atoms with Gasteiger partial charge in [0.25, 0.3) is 0 Å². The second-order valence-electron chi connectivity index (χ2n) is 6.39. The lowest BCUT2D eigenvalue weighted by Crippen LogP contribution is -2.33. The molecule has 0 aromatic heterocycles. The molecule has 0 N–H and O–H groups in total. The summed E-state index contributed by atoms with van der Waals surface area (Å²) in [6, 6.07) is 0. The van der Waals surface area contributed by atoms with E-state index in [-0.39, 0.29) is 11.9 Å². The predicted molar refractivity (Wildman–Crippen MR) is 79.4 cm³/mol. The first-order valence-electron chi connectivity index (χ1n) is 7.49. The van der Waals surface area contributed by atoms with Crippen molar-refractivity contribution >= 4 is 5.97 Å². The predicted octanol–water partition coefficient (Wildman–Crippen LogP) is 3.65. The van der Waals surface area contributed by atoms with Gasteiger partial charge in [-0.15, -0.1) is 0 Å². The lowest BCUT2D eigenvalue weighted by Gasteiger charge is -2.44. The normalized spacial score (nSPS) is 29.9. The molecule has 0 heterocycles. The zero-order valence-electron chi connectivity index (χ0n) is 13.0. The van der Waals surface area contributed by atoms with Crippen LogP contribution < -0.4 is 0 Å². The first-order valence-corrected chi connectivity index (χ1v) is 7.49. The Balaban J connectivity index is 2.22. The highest BCUT2D eigenvalue weighted by Gasteiger charge is 2.40. The van der Waals surface area contributed by atoms with Gasteiger partial charge in [-0.25, -0.2) is 4.79 Å². The molecule has 1 fully saturated rings. The van der Waals surface area contributed by atoms with Gasteiger partial charge in [0.15, 0.2) is 0 Å². The monoisotopic (exact) mass is 278 g/mol. The second kappa shape index (κ2) is 6.13. The van der Waals surface area contributed by atoms with Crippen LogP contribution in [0.25, 0.3) is 0 Å². The number of hydrogen-bond acceptors (Lipinski definition) is 3. The van der Waals surface area contributed by atoms with Gasteiger partial charge in [0.05, 0.1) is 13.7 Å². The molecule has 2 atom stereocenters. The highest BCUT2D eigenvalue weighted by Crippen LogP contribution is 2.52. The maximum atomic E-state index is 11.7. The smallest absolute Gasteiger partial charge is 0.333 e. The molecule has 0 bridgehead atoms. The maximum Gasteiger partial charge on any atom is 0.333 e. The fraction of sp³-hybridized carbons (Fsp3) is 0.706. The van der Waals surface area contributed by atoms with Crippen LogP contribution in [0.1, 0.15) is 45.4 Å². The summed E-state index contributed by atoms with van der Waals surface area (Å²) in [6.45, 7) is 7.05. The molecule has 0 aromatic rings. The van der Waals surface area contributed by atoms with Crippen molar-refractivity contribution < 1.29 is 14.3 Å². The average Bonchev–Trinajstić information content (AvgIpc) is 2.45. The molecular formula is C17H26O3. The highest BCUT2D eigenvalue weighted by molar-refractivity contribution is 5.88. The van der Waals surface area contributed by atoms with Crippen LogP contribution in [-0.2, 0) is 14.3 Å². The zero-order chi connectivity index (χ0) is 14.8. The van der Waals surface area contributed by atoms with Crippen molar-refractivity contribution in [1.82, 2.24) is 0 Å². The van der Waals surface area contributed by atoms with E-state index >= 15 is 0 Å². The molecule has 0 saturated heterocycles. The van der Waals surface area contributed by atoms with Crippen molar-refractivity contribution in [3.05, 3.63) is 23.3 Å². The number of esters is 1. The van der Waals surface area contributed by atoms with Crippen molar-refractivity contribution in [2.75, 3.05) is 20.8 Å². The maximum absolute atomic E-state index is 11.7. The number of rotatable bonds is 4. The third-order valence-corrected chi connectivity index (χ3v) is 5.12. The standard InChI is InChI=1S/C17H26O3/c1-12(16(18)20-4)13-7-9-17(2)8-5-6-14(11-19-3)15(17)10-13/h13H,1,5-11H2,2-4H3. The van der Waals surface area contributed by atoms with Crippen molar-refractivity contribution in [2.45, 2.75) is 45.4 Å². The third kappa shape index (κ3) is 2.83. The topological polar surface area (TPSA) is 35.5 Å². The van der Waals surface area contributed by atoms with E-state index in [2.05, 4.69) is 13.5 Å². The molecule has 1 saturated carbocycles. The van der Waals surface area contributed by atoms with Gasteiger partial charge in [-0.2, -0.15) is 0 Å². The molecule has 3 heteroatoms. The molecule has 2 rings (SSSR count). The van der Waals surface area contributed by atoms with Crippen LogP contribution >= 0.6 is 0 Å². The molecule has 2 aliphatic rings. The molecule has 3 nitrogen and oxygen atoms in total. The largest absolute Gasteiger partial charge is 0.466 e. The highest BCUT2D eigenvalue weighted by atomic mass is 16.5. The molecule has 0 aliphatic heterocycles. The van der Waals surface area contributed by atoms with E-state index in [1.165, 1.54) is 31.1 Å². The number of carbonyl (C=O) groups is 1. The Morgan fingerprint density at radius 2 is 2.15 bits per heavy atom. The molecule has 0 spiro atoms. The summed E-state index contributed by atoms with van der Waals surface area (Å²) >= 11 is 0. The molecule has 2 aliphatic carbocycles. The number of fused-ring (bicyclic) bond motifs is 1. The van der Waals surface area contributed by atoms with Gasteiger partial charge < -0.3 is 9.47 Å². The lowest BCUT2D eigenvalue weighted by atomic mass is 9.61. The van der Waals surface area contributed by atoms with E-state index in [4.69, 9.17) is 9.47 Å². The van der Waals surface area contributed by atoms with Crippen LogP contribution in [0.3, 0.4) is 0 Å². The molecule has 2 unspecified atom stereocenters. The van der Waals surface area contributed by atoms with Gasteiger partial charge in [0.1, 0.15) is 0 Å². The number of hydrogen-bond donors (Lipinski definition) is 0. The number of allylic oxidation sites excluding steroid dienone is 1. The number of ether oxygens (including phenoxy) is 2. The van der Waals surface area contributed by atoms with Gasteiger partial charge >= 0.3 is 5.97 Å². The van der Waals surface area contributed by atoms with Crippen LogP contribution in [-0.4, -0.2) is 26.8 Å². The van der Waals surface area contributed by atoms with E-state index in [0.29, 0.717) is 11.0 Å². The average molecular weight is 278 g/mol. The van der Waals surface area contributed by atoms with Gasteiger partial charge in [-0.1, -0.05) is 19.1 Å². The van der Waals surface area contributed by atoms with Gasteiger partial charge in [-0.05, 0) is 55.4 Å².